The molecule has 2 amide bonds. The number of amides is 2. The Morgan fingerprint density at radius 3 is 2.71 bits per heavy atom. The summed E-state index contributed by atoms with van der Waals surface area (Å²) in [7, 11) is 1.49. The molecule has 1 aromatic heterocycles. The molecule has 0 saturated heterocycles. The molecule has 180 valence electrons. The second-order valence-corrected chi connectivity index (χ2v) is 8.68. The molecule has 0 bridgehead atoms. The fraction of sp³-hybridized carbons (Fsp3) is 0.125. The lowest BCUT2D eigenvalue weighted by atomic mass is 10.1. The molecule has 0 atom stereocenters. The number of fused-ring (bicyclic) bond motifs is 1. The Morgan fingerprint density at radius 2 is 1.91 bits per heavy atom. The van der Waals surface area contributed by atoms with Crippen LogP contribution < -0.4 is 14.8 Å². The predicted molar refractivity (Wildman–Crippen MR) is 126 cm³/mol. The van der Waals surface area contributed by atoms with Crippen LogP contribution in [0.4, 0.5) is 13.6 Å². The maximum atomic E-state index is 14.9. The van der Waals surface area contributed by atoms with Gasteiger partial charge < -0.3 is 14.2 Å². The second kappa shape index (κ2) is 10.7. The molecule has 4 aromatic rings. The highest BCUT2D eigenvalue weighted by atomic mass is 35.5. The molecule has 0 aliphatic rings. The van der Waals surface area contributed by atoms with Crippen LogP contribution >= 0.6 is 22.9 Å². The number of ether oxygens (including phenoxy) is 3. The molecule has 0 spiro atoms. The van der Waals surface area contributed by atoms with Crippen LogP contribution in [0.25, 0.3) is 10.2 Å². The number of methoxy groups -OCH3 is 1. The highest BCUT2D eigenvalue weighted by Crippen LogP contribution is 2.28. The van der Waals surface area contributed by atoms with E-state index in [1.54, 1.807) is 42.5 Å². The lowest BCUT2D eigenvalue weighted by Crippen LogP contribution is -2.32. The van der Waals surface area contributed by atoms with Crippen LogP contribution in [0, 0.1) is 11.6 Å². The van der Waals surface area contributed by atoms with E-state index < -0.39 is 29.2 Å². The minimum atomic E-state index is -1.31. The number of hydrogen-bond acceptors (Lipinski definition) is 7. The average Bonchev–Trinajstić information content (AvgIpc) is 3.24. The summed E-state index contributed by atoms with van der Waals surface area (Å²) >= 11 is 7.27. The molecule has 0 unspecified atom stereocenters. The van der Waals surface area contributed by atoms with Crippen molar-refractivity contribution in [1.82, 2.24) is 10.3 Å². The van der Waals surface area contributed by atoms with Gasteiger partial charge >= 0.3 is 6.09 Å². The standard InChI is InChI=1S/C24H17ClF2N2O5S/c1-32-15-4-2-3-13(9-15)11-34-24(31)29-23(30)21-16(26)6-7-18(22(21)27)33-12-20-28-17-10-14(25)5-8-19(17)35-20/h2-10H,11-12H2,1H3,(H,29,30,31). The number of nitrogens with zero attached hydrogens (tertiary/aromatic N) is 1. The molecule has 0 saturated carbocycles. The quantitative estimate of drug-likeness (QED) is 0.329. The summed E-state index contributed by atoms with van der Waals surface area (Å²) in [6.45, 7) is -0.305. The minimum Gasteiger partial charge on any atom is -0.497 e. The largest absolute Gasteiger partial charge is 0.497 e. The van der Waals surface area contributed by atoms with Gasteiger partial charge in [0.1, 0.15) is 35.4 Å². The molecule has 11 heteroatoms. The highest BCUT2D eigenvalue weighted by Gasteiger charge is 2.24. The summed E-state index contributed by atoms with van der Waals surface area (Å²) in [5.41, 5.74) is 0.280. The smallest absolute Gasteiger partial charge is 0.414 e. The van der Waals surface area contributed by atoms with E-state index in [9.17, 15) is 18.4 Å². The van der Waals surface area contributed by atoms with Crippen LogP contribution in [0.3, 0.4) is 0 Å². The number of hydrogen-bond donors (Lipinski definition) is 1. The number of carbonyl (C=O) groups is 2. The molecular weight excluding hydrogens is 502 g/mol. The number of nitrogens with one attached hydrogen (secondary N) is 1. The van der Waals surface area contributed by atoms with E-state index in [1.807, 2.05) is 5.32 Å². The van der Waals surface area contributed by atoms with Gasteiger partial charge in [-0.1, -0.05) is 23.7 Å². The fourth-order valence-corrected chi connectivity index (χ4v) is 4.13. The van der Waals surface area contributed by atoms with Gasteiger partial charge in [0.2, 0.25) is 0 Å². The van der Waals surface area contributed by atoms with Gasteiger partial charge in [-0.05, 0) is 48.0 Å². The van der Waals surface area contributed by atoms with Crippen molar-refractivity contribution in [2.45, 2.75) is 13.2 Å². The Balaban J connectivity index is 1.41. The summed E-state index contributed by atoms with van der Waals surface area (Å²) in [5.74, 6) is -3.55. The van der Waals surface area contributed by atoms with E-state index in [0.29, 0.717) is 26.9 Å². The number of benzene rings is 3. The Hall–Kier alpha value is -3.76. The maximum absolute atomic E-state index is 14.9. The van der Waals surface area contributed by atoms with Gasteiger partial charge in [-0.3, -0.25) is 10.1 Å². The third-order valence-electron chi connectivity index (χ3n) is 4.75. The molecule has 35 heavy (non-hydrogen) atoms. The zero-order valence-corrected chi connectivity index (χ0v) is 19.7. The van der Waals surface area contributed by atoms with Crippen molar-refractivity contribution in [3.63, 3.8) is 0 Å². The van der Waals surface area contributed by atoms with E-state index in [1.165, 1.54) is 18.4 Å². The molecule has 7 nitrogen and oxygen atoms in total. The first-order chi connectivity index (χ1) is 16.8. The normalized spacial score (nSPS) is 10.7. The molecular formula is C24H17ClF2N2O5S. The number of aromatic nitrogens is 1. The third kappa shape index (κ3) is 5.84. The molecule has 0 fully saturated rings. The molecule has 0 aliphatic carbocycles. The van der Waals surface area contributed by atoms with Crippen molar-refractivity contribution < 1.29 is 32.6 Å². The van der Waals surface area contributed by atoms with E-state index in [-0.39, 0.29) is 19.0 Å². The van der Waals surface area contributed by atoms with Crippen LogP contribution in [0.2, 0.25) is 5.02 Å². The highest BCUT2D eigenvalue weighted by molar-refractivity contribution is 7.18. The van der Waals surface area contributed by atoms with Gasteiger partial charge in [-0.2, -0.15) is 0 Å². The van der Waals surface area contributed by atoms with Crippen molar-refractivity contribution in [1.29, 1.82) is 0 Å². The molecule has 4 rings (SSSR count). The Labute approximate surface area is 207 Å². The van der Waals surface area contributed by atoms with Crippen molar-refractivity contribution in [3.8, 4) is 11.5 Å². The first kappa shape index (κ1) is 24.4. The van der Waals surface area contributed by atoms with Gasteiger partial charge in [-0.25, -0.2) is 18.6 Å². The van der Waals surface area contributed by atoms with Gasteiger partial charge in [0.15, 0.2) is 11.6 Å². The molecule has 0 radical (unpaired) electrons. The number of alkyl carbamates (subject to hydrolysis) is 1. The summed E-state index contributed by atoms with van der Waals surface area (Å²) in [6.07, 6.45) is -1.17. The van der Waals surface area contributed by atoms with Gasteiger partial charge in [-0.15, -0.1) is 11.3 Å². The maximum Gasteiger partial charge on any atom is 0.414 e. The van der Waals surface area contributed by atoms with E-state index >= 15 is 0 Å². The van der Waals surface area contributed by atoms with Crippen LogP contribution in [0.15, 0.2) is 54.6 Å². The van der Waals surface area contributed by atoms with E-state index in [4.69, 9.17) is 25.8 Å². The molecule has 0 aliphatic heterocycles. The summed E-state index contributed by atoms with van der Waals surface area (Å²) in [4.78, 5) is 28.8. The molecule has 3 aromatic carbocycles. The lowest BCUT2D eigenvalue weighted by Gasteiger charge is -2.11. The predicted octanol–water partition coefficient (Wildman–Crippen LogP) is 5.88. The van der Waals surface area contributed by atoms with Crippen LogP contribution in [-0.4, -0.2) is 24.1 Å². The summed E-state index contributed by atoms with van der Waals surface area (Å²) < 4.78 is 45.5. The zero-order valence-electron chi connectivity index (χ0n) is 18.1. The van der Waals surface area contributed by atoms with Crippen molar-refractivity contribution >= 4 is 45.2 Å². The zero-order chi connectivity index (χ0) is 24.9. The van der Waals surface area contributed by atoms with Crippen molar-refractivity contribution in [2.75, 3.05) is 7.11 Å². The monoisotopic (exact) mass is 518 g/mol. The Kier molecular flexibility index (Phi) is 7.42. The average molecular weight is 519 g/mol. The number of carbonyl (C=O) groups excluding carboxylic acids is 2. The molecule has 1 heterocycles. The topological polar surface area (TPSA) is 86.8 Å². The van der Waals surface area contributed by atoms with Crippen LogP contribution in [-0.2, 0) is 18.0 Å². The number of imide groups is 1. The first-order valence-electron chi connectivity index (χ1n) is 10.1. The Morgan fingerprint density at radius 1 is 1.09 bits per heavy atom. The van der Waals surface area contributed by atoms with Crippen molar-refractivity contribution in [3.05, 3.63) is 87.4 Å². The minimum absolute atomic E-state index is 0.122. The number of halogens is 3. The summed E-state index contributed by atoms with van der Waals surface area (Å²) in [5, 5.41) is 2.86. The van der Waals surface area contributed by atoms with E-state index in [2.05, 4.69) is 4.98 Å². The first-order valence-corrected chi connectivity index (χ1v) is 11.3. The second-order valence-electron chi connectivity index (χ2n) is 7.12. The number of thiazole rings is 1. The van der Waals surface area contributed by atoms with Crippen LogP contribution in [0.1, 0.15) is 20.9 Å². The van der Waals surface area contributed by atoms with Gasteiger partial charge in [0, 0.05) is 5.02 Å². The number of rotatable bonds is 7. The Bertz CT molecular complexity index is 1410. The fourth-order valence-electron chi connectivity index (χ4n) is 3.10. The molecule has 1 N–H and O–H groups in total. The van der Waals surface area contributed by atoms with Gasteiger partial charge in [0.25, 0.3) is 5.91 Å². The van der Waals surface area contributed by atoms with Crippen LogP contribution in [0.5, 0.6) is 11.5 Å². The van der Waals surface area contributed by atoms with Gasteiger partial charge in [0.05, 0.1) is 17.3 Å². The summed E-state index contributed by atoms with van der Waals surface area (Å²) in [6, 6.07) is 13.8. The third-order valence-corrected chi connectivity index (χ3v) is 5.99. The SMILES string of the molecule is COc1cccc(COC(=O)NC(=O)c2c(F)ccc(OCc3nc4cc(Cl)ccc4s3)c2F)c1. The van der Waals surface area contributed by atoms with Crippen molar-refractivity contribution in [2.24, 2.45) is 0 Å². The van der Waals surface area contributed by atoms with E-state index in [0.717, 1.165) is 16.8 Å². The lowest BCUT2D eigenvalue weighted by molar-refractivity contribution is 0.0903.